The molecule has 2 aromatic heterocycles. The van der Waals surface area contributed by atoms with E-state index in [4.69, 9.17) is 20.3 Å². The molecule has 5 N–H and O–H groups in total. The van der Waals surface area contributed by atoms with Gasteiger partial charge >= 0.3 is 7.82 Å². The van der Waals surface area contributed by atoms with E-state index in [0.29, 0.717) is 11.2 Å². The van der Waals surface area contributed by atoms with Crippen molar-refractivity contribution >= 4 is 40.7 Å². The number of aliphatic hydroxyl groups is 1. The van der Waals surface area contributed by atoms with Crippen molar-refractivity contribution in [2.24, 2.45) is 0 Å². The smallest absolute Gasteiger partial charge is 0.389 e. The number of ether oxygens (including phenoxy) is 1. The minimum atomic E-state index is -4.65. The summed E-state index contributed by atoms with van der Waals surface area (Å²) < 4.78 is 22.3. The van der Waals surface area contributed by atoms with Crippen molar-refractivity contribution in [3.63, 3.8) is 0 Å². The van der Waals surface area contributed by atoms with Crippen molar-refractivity contribution in [2.45, 2.75) is 23.3 Å². The number of nitrogen functional groups attached to an aromatic ring is 1. The number of phosphoric acid groups is 1. The Kier molecular flexibility index (Phi) is 4.40. The Balaban J connectivity index is 1.85. The highest BCUT2D eigenvalue weighted by Crippen LogP contribution is 2.40. The van der Waals surface area contributed by atoms with Gasteiger partial charge in [-0.05, 0) is 0 Å². The number of nitrogens with two attached hydrogens (primary N) is 1. The van der Waals surface area contributed by atoms with Gasteiger partial charge in [-0.15, -0.1) is 0 Å². The van der Waals surface area contributed by atoms with Crippen molar-refractivity contribution < 1.29 is 28.7 Å². The SMILES string of the molecule is Nc1ncnc2c1ncn2[C@@H]1O[C@H](COP(=O)(O)O)[C@@H](O)[C@H]1Br. The molecule has 3 rings (SSSR count). The average molecular weight is 410 g/mol. The van der Waals surface area contributed by atoms with Gasteiger partial charge < -0.3 is 25.4 Å². The molecule has 23 heavy (non-hydrogen) atoms. The monoisotopic (exact) mass is 409 g/mol. The second-order valence-corrected chi connectivity index (χ2v) is 7.17. The highest BCUT2D eigenvalue weighted by Gasteiger charge is 2.44. The van der Waals surface area contributed by atoms with E-state index in [0.717, 1.165) is 0 Å². The molecule has 1 saturated heterocycles. The standard InChI is InChI=1S/C10H13BrN5O6P/c11-5-7(17)4(1-21-23(18,19)20)22-10(5)16-3-15-6-8(12)13-2-14-9(6)16/h2-5,7,10,17H,1H2,(H2,12,13,14)(H2,18,19,20)/t4-,5-,7-,10-/m1/s1. The number of halogens is 1. The first-order chi connectivity index (χ1) is 10.8. The highest BCUT2D eigenvalue weighted by molar-refractivity contribution is 9.09. The Hall–Kier alpha value is -1.14. The summed E-state index contributed by atoms with van der Waals surface area (Å²) in [6, 6.07) is 0. The number of nitrogens with zero attached hydrogens (tertiary/aromatic N) is 4. The molecule has 13 heteroatoms. The second-order valence-electron chi connectivity index (χ2n) is 4.87. The van der Waals surface area contributed by atoms with Crippen LogP contribution in [0.4, 0.5) is 5.82 Å². The molecule has 1 aliphatic heterocycles. The van der Waals surface area contributed by atoms with Crippen molar-refractivity contribution in [2.75, 3.05) is 12.3 Å². The van der Waals surface area contributed by atoms with E-state index in [2.05, 4.69) is 35.4 Å². The van der Waals surface area contributed by atoms with Crippen LogP contribution in [-0.4, -0.2) is 58.1 Å². The van der Waals surface area contributed by atoms with Crippen LogP contribution in [0, 0.1) is 0 Å². The van der Waals surface area contributed by atoms with Crippen molar-refractivity contribution in [1.29, 1.82) is 0 Å². The fraction of sp³-hybridized carbons (Fsp3) is 0.500. The van der Waals surface area contributed by atoms with Gasteiger partial charge in [-0.1, -0.05) is 15.9 Å². The lowest BCUT2D eigenvalue weighted by molar-refractivity contribution is -0.0422. The zero-order valence-corrected chi connectivity index (χ0v) is 13.9. The molecule has 0 bridgehead atoms. The lowest BCUT2D eigenvalue weighted by atomic mass is 10.2. The number of aromatic nitrogens is 4. The van der Waals surface area contributed by atoms with Gasteiger partial charge in [-0.3, -0.25) is 9.09 Å². The quantitative estimate of drug-likeness (QED) is 0.383. The summed E-state index contributed by atoms with van der Waals surface area (Å²) in [4.78, 5) is 29.0. The molecule has 0 unspecified atom stereocenters. The number of rotatable bonds is 4. The predicted octanol–water partition coefficient (Wildman–Crippen LogP) is -0.460. The van der Waals surface area contributed by atoms with Crippen LogP contribution in [0.3, 0.4) is 0 Å². The maximum Gasteiger partial charge on any atom is 0.469 e. The molecule has 0 amide bonds. The Labute approximate surface area is 137 Å². The number of phosphoric ester groups is 1. The summed E-state index contributed by atoms with van der Waals surface area (Å²) in [6.45, 7) is -0.464. The number of anilines is 1. The van der Waals surface area contributed by atoms with E-state index in [1.165, 1.54) is 12.7 Å². The van der Waals surface area contributed by atoms with E-state index in [-0.39, 0.29) is 5.82 Å². The average Bonchev–Trinajstić information content (AvgIpc) is 3.01. The van der Waals surface area contributed by atoms with E-state index < -0.39 is 37.7 Å². The molecule has 0 spiro atoms. The minimum Gasteiger partial charge on any atom is -0.389 e. The second kappa shape index (κ2) is 6.06. The van der Waals surface area contributed by atoms with Gasteiger partial charge in [0.15, 0.2) is 17.7 Å². The topological polar surface area (TPSA) is 166 Å². The van der Waals surface area contributed by atoms with Gasteiger partial charge in [0.1, 0.15) is 17.9 Å². The molecule has 4 atom stereocenters. The van der Waals surface area contributed by atoms with Crippen LogP contribution in [-0.2, 0) is 13.8 Å². The summed E-state index contributed by atoms with van der Waals surface area (Å²) >= 11 is 3.31. The molecule has 126 valence electrons. The fourth-order valence-corrected chi connectivity index (χ4v) is 3.35. The molecule has 3 heterocycles. The molecule has 2 aromatic rings. The maximum absolute atomic E-state index is 10.8. The van der Waals surface area contributed by atoms with Crippen LogP contribution in [0.1, 0.15) is 6.23 Å². The number of imidazole rings is 1. The zero-order chi connectivity index (χ0) is 16.8. The van der Waals surface area contributed by atoms with Gasteiger partial charge in [0, 0.05) is 0 Å². The Morgan fingerprint density at radius 3 is 2.87 bits per heavy atom. The molecule has 0 aromatic carbocycles. The van der Waals surface area contributed by atoms with Crippen molar-refractivity contribution in [3.05, 3.63) is 12.7 Å². The van der Waals surface area contributed by atoms with Gasteiger partial charge in [0.2, 0.25) is 0 Å². The van der Waals surface area contributed by atoms with E-state index in [1.807, 2.05) is 0 Å². The first-order valence-electron chi connectivity index (χ1n) is 6.38. The van der Waals surface area contributed by atoms with Gasteiger partial charge in [0.05, 0.1) is 23.9 Å². The number of fused-ring (bicyclic) bond motifs is 1. The lowest BCUT2D eigenvalue weighted by Gasteiger charge is -2.16. The third-order valence-electron chi connectivity index (χ3n) is 3.36. The first kappa shape index (κ1) is 16.7. The Morgan fingerprint density at radius 2 is 2.17 bits per heavy atom. The third kappa shape index (κ3) is 3.24. The molecule has 11 nitrogen and oxygen atoms in total. The number of hydrogen-bond acceptors (Lipinski definition) is 8. The van der Waals surface area contributed by atoms with E-state index >= 15 is 0 Å². The van der Waals surface area contributed by atoms with E-state index in [1.54, 1.807) is 4.57 Å². The van der Waals surface area contributed by atoms with Crippen LogP contribution in [0.5, 0.6) is 0 Å². The van der Waals surface area contributed by atoms with Crippen LogP contribution < -0.4 is 5.73 Å². The zero-order valence-electron chi connectivity index (χ0n) is 11.4. The minimum absolute atomic E-state index is 0.208. The van der Waals surface area contributed by atoms with E-state index in [9.17, 15) is 9.67 Å². The summed E-state index contributed by atoms with van der Waals surface area (Å²) in [5.41, 5.74) is 6.52. The molecule has 0 aliphatic carbocycles. The maximum atomic E-state index is 10.8. The Bertz CT molecular complexity index is 767. The van der Waals surface area contributed by atoms with Gasteiger partial charge in [0.25, 0.3) is 0 Å². The molecule has 1 fully saturated rings. The first-order valence-corrected chi connectivity index (χ1v) is 8.83. The summed E-state index contributed by atoms with van der Waals surface area (Å²) in [5.74, 6) is 0.208. The van der Waals surface area contributed by atoms with Crippen LogP contribution in [0.25, 0.3) is 11.2 Å². The highest BCUT2D eigenvalue weighted by atomic mass is 79.9. The molecular weight excluding hydrogens is 397 g/mol. The van der Waals surface area contributed by atoms with Crippen LogP contribution in [0.2, 0.25) is 0 Å². The number of alkyl halides is 1. The van der Waals surface area contributed by atoms with Crippen molar-refractivity contribution in [3.8, 4) is 0 Å². The predicted molar refractivity (Wildman–Crippen MR) is 80.4 cm³/mol. The normalized spacial score (nSPS) is 28.5. The fourth-order valence-electron chi connectivity index (χ4n) is 2.29. The number of aliphatic hydroxyl groups excluding tert-OH is 1. The van der Waals surface area contributed by atoms with Gasteiger partial charge in [-0.25, -0.2) is 19.5 Å². The Morgan fingerprint density at radius 1 is 1.43 bits per heavy atom. The lowest BCUT2D eigenvalue weighted by Crippen LogP contribution is -2.30. The van der Waals surface area contributed by atoms with Gasteiger partial charge in [-0.2, -0.15) is 0 Å². The summed E-state index contributed by atoms with van der Waals surface area (Å²) in [7, 11) is -4.65. The molecule has 0 saturated carbocycles. The molecule has 1 aliphatic rings. The summed E-state index contributed by atoms with van der Waals surface area (Å²) in [6.07, 6.45) is 0.0124. The largest absolute Gasteiger partial charge is 0.469 e. The van der Waals surface area contributed by atoms with Crippen LogP contribution >= 0.6 is 23.8 Å². The number of hydrogen-bond donors (Lipinski definition) is 4. The van der Waals surface area contributed by atoms with Crippen molar-refractivity contribution in [1.82, 2.24) is 19.5 Å². The van der Waals surface area contributed by atoms with Crippen LogP contribution in [0.15, 0.2) is 12.7 Å². The third-order valence-corrected chi connectivity index (χ3v) is 4.84. The molecular formula is C10H13BrN5O6P. The summed E-state index contributed by atoms with van der Waals surface area (Å²) in [5, 5.41) is 10.2. The molecule has 0 radical (unpaired) electrons.